The Morgan fingerprint density at radius 2 is 1.73 bits per heavy atom. The lowest BCUT2D eigenvalue weighted by Crippen LogP contribution is -2.47. The Hall–Kier alpha value is -4.05. The minimum Gasteiger partial charge on any atom is -0.463 e. The van der Waals surface area contributed by atoms with E-state index in [1.165, 1.54) is 19.3 Å². The Morgan fingerprint density at radius 1 is 1.00 bits per heavy atom. The first-order valence-corrected chi connectivity index (χ1v) is 11.4. The highest BCUT2D eigenvalue weighted by Crippen LogP contribution is 2.25. The largest absolute Gasteiger partial charge is 0.463 e. The predicted molar refractivity (Wildman–Crippen MR) is 118 cm³/mol. The van der Waals surface area contributed by atoms with Gasteiger partial charge < -0.3 is 4.42 Å². The highest BCUT2D eigenvalue weighted by atomic mass is 32.2. The molecule has 2 aromatic heterocycles. The minimum absolute atomic E-state index is 0.207. The number of aromatic nitrogens is 1. The van der Waals surface area contributed by atoms with Crippen LogP contribution in [0.4, 0.5) is 4.39 Å². The number of para-hydroxylation sites is 1. The molecule has 33 heavy (non-hydrogen) atoms. The van der Waals surface area contributed by atoms with Gasteiger partial charge in [-0.3, -0.25) is 20.4 Å². The monoisotopic (exact) mass is 467 g/mol. The van der Waals surface area contributed by atoms with Crippen LogP contribution in [-0.4, -0.2) is 30.5 Å². The number of rotatable bonds is 5. The third-order valence-electron chi connectivity index (χ3n) is 5.01. The molecule has 10 heteroatoms. The van der Waals surface area contributed by atoms with Gasteiger partial charge in [0.2, 0.25) is 0 Å². The zero-order valence-corrected chi connectivity index (χ0v) is 18.1. The molecule has 0 aliphatic heterocycles. The number of sulfone groups is 1. The molecule has 4 rings (SSSR count). The first kappa shape index (κ1) is 22.2. The third kappa shape index (κ3) is 4.46. The van der Waals surface area contributed by atoms with E-state index < -0.39 is 32.7 Å². The molecule has 0 radical (unpaired) electrons. The molecule has 0 aliphatic rings. The Kier molecular flexibility index (Phi) is 5.93. The van der Waals surface area contributed by atoms with Crippen LogP contribution in [0.2, 0.25) is 0 Å². The summed E-state index contributed by atoms with van der Waals surface area (Å²) in [5.74, 6) is -1.76. The van der Waals surface area contributed by atoms with Crippen LogP contribution in [0.15, 0.2) is 82.3 Å². The van der Waals surface area contributed by atoms with E-state index in [4.69, 9.17) is 4.42 Å². The van der Waals surface area contributed by atoms with Crippen molar-refractivity contribution in [3.05, 3.63) is 84.4 Å². The molecule has 0 bridgehead atoms. The Bertz CT molecular complexity index is 1440. The van der Waals surface area contributed by atoms with Crippen molar-refractivity contribution in [3.8, 4) is 11.5 Å². The number of nitrogens with zero attached hydrogens (tertiary/aromatic N) is 1. The number of amides is 2. The molecule has 0 saturated carbocycles. The molecule has 0 spiro atoms. The number of hydrogen-bond donors (Lipinski definition) is 2. The number of furan rings is 1. The molecule has 2 heterocycles. The van der Waals surface area contributed by atoms with Crippen molar-refractivity contribution < 1.29 is 26.8 Å². The van der Waals surface area contributed by atoms with Crippen LogP contribution in [-0.2, 0) is 14.6 Å². The summed E-state index contributed by atoms with van der Waals surface area (Å²) >= 11 is 0. The van der Waals surface area contributed by atoms with Gasteiger partial charge in [0.25, 0.3) is 11.8 Å². The second-order valence-corrected chi connectivity index (χ2v) is 9.40. The van der Waals surface area contributed by atoms with E-state index in [1.807, 2.05) is 0 Å². The molecule has 0 aliphatic carbocycles. The Morgan fingerprint density at radius 3 is 2.42 bits per heavy atom. The topological polar surface area (TPSA) is 118 Å². The smallest absolute Gasteiger partial charge is 0.270 e. The first-order chi connectivity index (χ1) is 15.8. The number of pyridine rings is 1. The number of carbonyl (C=O) groups is 2. The van der Waals surface area contributed by atoms with Gasteiger partial charge in [0.15, 0.2) is 15.6 Å². The van der Waals surface area contributed by atoms with Crippen LogP contribution >= 0.6 is 0 Å². The average molecular weight is 467 g/mol. The maximum Gasteiger partial charge on any atom is 0.270 e. The molecule has 8 nitrogen and oxygen atoms in total. The number of hydrogen-bond acceptors (Lipinski definition) is 6. The van der Waals surface area contributed by atoms with Crippen LogP contribution in [0, 0.1) is 5.82 Å². The van der Waals surface area contributed by atoms with Gasteiger partial charge in [-0.05, 0) is 55.5 Å². The van der Waals surface area contributed by atoms with Gasteiger partial charge in [-0.2, -0.15) is 0 Å². The summed E-state index contributed by atoms with van der Waals surface area (Å²) in [6.45, 7) is 1.18. The molecule has 1 unspecified atom stereocenters. The van der Waals surface area contributed by atoms with Crippen molar-refractivity contribution >= 4 is 32.6 Å². The highest BCUT2D eigenvalue weighted by Gasteiger charge is 2.30. The molecule has 2 N–H and O–H groups in total. The van der Waals surface area contributed by atoms with Crippen molar-refractivity contribution in [1.82, 2.24) is 15.8 Å². The standard InChI is InChI=1S/C23H18FN3O5S/c1-14(33(30,31)16-10-8-15(24)9-11-16)22(28)26-27-23(29)18-13-20(21-7-4-12-32-21)25-19-6-3-2-5-17(18)19/h2-14H,1H3,(H,26,28)(H,27,29). The van der Waals surface area contributed by atoms with Crippen molar-refractivity contribution in [2.45, 2.75) is 17.1 Å². The quantitative estimate of drug-likeness (QED) is 0.344. The van der Waals surface area contributed by atoms with Crippen LogP contribution in [0.5, 0.6) is 0 Å². The zero-order valence-electron chi connectivity index (χ0n) is 17.3. The van der Waals surface area contributed by atoms with E-state index in [1.54, 1.807) is 36.4 Å². The van der Waals surface area contributed by atoms with Crippen LogP contribution < -0.4 is 10.9 Å². The van der Waals surface area contributed by atoms with Crippen molar-refractivity contribution in [1.29, 1.82) is 0 Å². The fraction of sp³-hybridized carbons (Fsp3) is 0.0870. The fourth-order valence-corrected chi connectivity index (χ4v) is 4.43. The van der Waals surface area contributed by atoms with Crippen LogP contribution in [0.3, 0.4) is 0 Å². The third-order valence-corrected chi connectivity index (χ3v) is 7.08. The lowest BCUT2D eigenvalue weighted by molar-refractivity contribution is -0.121. The van der Waals surface area contributed by atoms with Crippen molar-refractivity contribution in [2.75, 3.05) is 0 Å². The lowest BCUT2D eigenvalue weighted by Gasteiger charge is -2.15. The van der Waals surface area contributed by atoms with Gasteiger partial charge in [0, 0.05) is 5.39 Å². The van der Waals surface area contributed by atoms with Crippen LogP contribution in [0.1, 0.15) is 17.3 Å². The molecule has 0 fully saturated rings. The summed E-state index contributed by atoms with van der Waals surface area (Å²) in [4.78, 5) is 29.6. The van der Waals surface area contributed by atoms with Gasteiger partial charge in [0.05, 0.1) is 22.2 Å². The molecule has 2 aromatic carbocycles. The van der Waals surface area contributed by atoms with E-state index in [0.717, 1.165) is 24.3 Å². The van der Waals surface area contributed by atoms with E-state index in [0.29, 0.717) is 22.4 Å². The molecular weight excluding hydrogens is 449 g/mol. The highest BCUT2D eigenvalue weighted by molar-refractivity contribution is 7.92. The average Bonchev–Trinajstić information content (AvgIpc) is 3.36. The molecule has 2 amide bonds. The maximum absolute atomic E-state index is 13.1. The number of hydrazine groups is 1. The molecule has 4 aromatic rings. The summed E-state index contributed by atoms with van der Waals surface area (Å²) in [6.07, 6.45) is 1.48. The summed E-state index contributed by atoms with van der Waals surface area (Å²) in [7, 11) is -4.09. The van der Waals surface area contributed by atoms with Gasteiger partial charge in [-0.1, -0.05) is 18.2 Å². The Labute approximate surface area is 188 Å². The second kappa shape index (κ2) is 8.83. The second-order valence-electron chi connectivity index (χ2n) is 7.13. The van der Waals surface area contributed by atoms with Crippen LogP contribution in [0.25, 0.3) is 22.4 Å². The van der Waals surface area contributed by atoms with E-state index in [2.05, 4.69) is 15.8 Å². The summed E-state index contributed by atoms with van der Waals surface area (Å²) in [6, 6.07) is 16.0. The number of benzene rings is 2. The predicted octanol–water partition coefficient (Wildman–Crippen LogP) is 3.26. The van der Waals surface area contributed by atoms with E-state index in [9.17, 15) is 22.4 Å². The molecular formula is C23H18FN3O5S. The summed E-state index contributed by atoms with van der Waals surface area (Å²) < 4.78 is 43.7. The maximum atomic E-state index is 13.1. The van der Waals surface area contributed by atoms with Gasteiger partial charge in [0.1, 0.15) is 16.8 Å². The number of fused-ring (bicyclic) bond motifs is 1. The van der Waals surface area contributed by atoms with Gasteiger partial charge in [-0.25, -0.2) is 17.8 Å². The number of carbonyl (C=O) groups excluding carboxylic acids is 2. The van der Waals surface area contributed by atoms with E-state index in [-0.39, 0.29) is 10.5 Å². The summed E-state index contributed by atoms with van der Waals surface area (Å²) in [5.41, 5.74) is 5.57. The molecule has 1 atom stereocenters. The Balaban J connectivity index is 1.55. The zero-order chi connectivity index (χ0) is 23.6. The van der Waals surface area contributed by atoms with E-state index >= 15 is 0 Å². The van der Waals surface area contributed by atoms with Gasteiger partial charge >= 0.3 is 0 Å². The van der Waals surface area contributed by atoms with Crippen molar-refractivity contribution in [3.63, 3.8) is 0 Å². The first-order valence-electron chi connectivity index (χ1n) is 9.80. The fourth-order valence-electron chi connectivity index (χ4n) is 3.17. The normalized spacial score (nSPS) is 12.3. The number of halogens is 1. The van der Waals surface area contributed by atoms with Crippen molar-refractivity contribution in [2.24, 2.45) is 0 Å². The van der Waals surface area contributed by atoms with Gasteiger partial charge in [-0.15, -0.1) is 0 Å². The molecule has 168 valence electrons. The molecule has 0 saturated heterocycles. The number of nitrogens with one attached hydrogen (secondary N) is 2. The lowest BCUT2D eigenvalue weighted by atomic mass is 10.1. The minimum atomic E-state index is -4.09. The summed E-state index contributed by atoms with van der Waals surface area (Å²) in [5, 5.41) is -0.998. The SMILES string of the molecule is CC(C(=O)NNC(=O)c1cc(-c2ccco2)nc2ccccc12)S(=O)(=O)c1ccc(F)cc1.